The highest BCUT2D eigenvalue weighted by molar-refractivity contribution is 7.09. The first-order chi connectivity index (χ1) is 18.8. The van der Waals surface area contributed by atoms with E-state index < -0.39 is 0 Å². The van der Waals surface area contributed by atoms with E-state index in [4.69, 9.17) is 9.47 Å². The average Bonchev–Trinajstić information content (AvgIpc) is 3.59. The minimum atomic E-state index is -0.177. The van der Waals surface area contributed by atoms with Crippen molar-refractivity contribution in [2.75, 3.05) is 38.3 Å². The highest BCUT2D eigenvalue weighted by Gasteiger charge is 2.26. The van der Waals surface area contributed by atoms with E-state index in [-0.39, 0.29) is 24.8 Å². The van der Waals surface area contributed by atoms with Gasteiger partial charge < -0.3 is 24.6 Å². The smallest absolute Gasteiger partial charge is 0.322 e. The molecule has 3 amide bonds. The maximum absolute atomic E-state index is 13.2. The molecule has 0 saturated carbocycles. The molecular formula is C29H35N5O4S. The number of piperazine rings is 1. The van der Waals surface area contributed by atoms with Crippen molar-refractivity contribution >= 4 is 29.0 Å². The molecule has 0 spiro atoms. The van der Waals surface area contributed by atoms with E-state index in [1.165, 1.54) is 16.9 Å². The van der Waals surface area contributed by atoms with Gasteiger partial charge in [-0.25, -0.2) is 9.78 Å². The fourth-order valence-corrected chi connectivity index (χ4v) is 5.64. The van der Waals surface area contributed by atoms with Gasteiger partial charge in [-0.3, -0.25) is 9.69 Å². The van der Waals surface area contributed by atoms with Gasteiger partial charge in [-0.2, -0.15) is 0 Å². The summed E-state index contributed by atoms with van der Waals surface area (Å²) in [5, 5.41) is 5.61. The molecule has 1 N–H and O–H groups in total. The molecule has 1 aromatic heterocycles. The SMILES string of the molecule is Cc1cccc(C)c1NC(=O)N(Cc1nc(C(=O)N2CCN(Cc3ccc4c(c3)OCO4)CC2)cs1)C(C)C. The number of aryl methyl sites for hydroxylation is 2. The Labute approximate surface area is 233 Å². The van der Waals surface area contributed by atoms with Crippen molar-refractivity contribution in [3.8, 4) is 11.5 Å². The van der Waals surface area contributed by atoms with Gasteiger partial charge in [-0.15, -0.1) is 11.3 Å². The van der Waals surface area contributed by atoms with Gasteiger partial charge in [0.1, 0.15) is 10.7 Å². The summed E-state index contributed by atoms with van der Waals surface area (Å²) in [6.45, 7) is 12.2. The molecule has 0 bridgehead atoms. The Bertz CT molecular complexity index is 1330. The molecule has 3 aromatic rings. The fraction of sp³-hybridized carbons (Fsp3) is 0.414. The molecule has 2 aliphatic heterocycles. The molecule has 1 fully saturated rings. The van der Waals surface area contributed by atoms with E-state index in [2.05, 4.69) is 21.3 Å². The third kappa shape index (κ3) is 6.17. The van der Waals surface area contributed by atoms with Crippen LogP contribution in [-0.4, -0.2) is 70.6 Å². The van der Waals surface area contributed by atoms with Gasteiger partial charge >= 0.3 is 6.03 Å². The number of para-hydroxylation sites is 1. The molecule has 0 atom stereocenters. The van der Waals surface area contributed by atoms with Crippen molar-refractivity contribution in [3.05, 3.63) is 69.2 Å². The number of nitrogens with one attached hydrogen (secondary N) is 1. The number of hydrogen-bond donors (Lipinski definition) is 1. The molecule has 9 nitrogen and oxygen atoms in total. The Morgan fingerprint density at radius 1 is 1.05 bits per heavy atom. The molecule has 0 aliphatic carbocycles. The topological polar surface area (TPSA) is 87.2 Å². The molecule has 2 aliphatic rings. The minimum absolute atomic E-state index is 0.0322. The molecular weight excluding hydrogens is 514 g/mol. The number of urea groups is 1. The summed E-state index contributed by atoms with van der Waals surface area (Å²) in [5.74, 6) is 1.52. The van der Waals surface area contributed by atoms with Crippen LogP contribution in [0, 0.1) is 13.8 Å². The fourth-order valence-electron chi connectivity index (χ4n) is 4.88. The third-order valence-electron chi connectivity index (χ3n) is 7.18. The van der Waals surface area contributed by atoms with Crippen LogP contribution in [0.2, 0.25) is 0 Å². The van der Waals surface area contributed by atoms with Crippen LogP contribution in [0.25, 0.3) is 0 Å². The van der Waals surface area contributed by atoms with Crippen LogP contribution in [0.4, 0.5) is 10.5 Å². The highest BCUT2D eigenvalue weighted by Crippen LogP contribution is 2.33. The quantitative estimate of drug-likeness (QED) is 0.452. The summed E-state index contributed by atoms with van der Waals surface area (Å²) in [4.78, 5) is 36.9. The zero-order valence-electron chi connectivity index (χ0n) is 22.9. The van der Waals surface area contributed by atoms with E-state index in [0.717, 1.165) is 53.0 Å². The summed E-state index contributed by atoms with van der Waals surface area (Å²) >= 11 is 1.42. The Morgan fingerprint density at radius 2 is 1.77 bits per heavy atom. The number of nitrogens with zero attached hydrogens (tertiary/aromatic N) is 4. The highest BCUT2D eigenvalue weighted by atomic mass is 32.1. The van der Waals surface area contributed by atoms with Gasteiger partial charge in [-0.1, -0.05) is 24.3 Å². The number of ether oxygens (including phenoxy) is 2. The summed E-state index contributed by atoms with van der Waals surface area (Å²) in [6.07, 6.45) is 0. The van der Waals surface area contributed by atoms with Gasteiger partial charge in [-0.05, 0) is 56.5 Å². The zero-order chi connectivity index (χ0) is 27.5. The summed E-state index contributed by atoms with van der Waals surface area (Å²) < 4.78 is 10.9. The molecule has 3 heterocycles. The Hall–Kier alpha value is -3.63. The van der Waals surface area contributed by atoms with Crippen LogP contribution in [0.5, 0.6) is 11.5 Å². The number of amides is 3. The molecule has 10 heteroatoms. The van der Waals surface area contributed by atoms with E-state index in [9.17, 15) is 9.59 Å². The van der Waals surface area contributed by atoms with Crippen LogP contribution in [0.1, 0.15) is 46.0 Å². The number of hydrogen-bond acceptors (Lipinski definition) is 7. The van der Waals surface area contributed by atoms with Crippen molar-refractivity contribution in [1.29, 1.82) is 0 Å². The van der Waals surface area contributed by atoms with Crippen molar-refractivity contribution in [2.24, 2.45) is 0 Å². The third-order valence-corrected chi connectivity index (χ3v) is 8.01. The van der Waals surface area contributed by atoms with Crippen LogP contribution < -0.4 is 14.8 Å². The van der Waals surface area contributed by atoms with Gasteiger partial charge in [0, 0.05) is 49.8 Å². The van der Waals surface area contributed by atoms with Gasteiger partial charge in [0.25, 0.3) is 5.91 Å². The van der Waals surface area contributed by atoms with E-state index in [1.54, 1.807) is 10.3 Å². The van der Waals surface area contributed by atoms with Gasteiger partial charge in [0.2, 0.25) is 6.79 Å². The van der Waals surface area contributed by atoms with Gasteiger partial charge in [0.15, 0.2) is 11.5 Å². The minimum Gasteiger partial charge on any atom is -0.454 e. The molecule has 206 valence electrons. The number of fused-ring (bicyclic) bond motifs is 1. The van der Waals surface area contributed by atoms with E-state index in [1.807, 2.05) is 62.9 Å². The predicted molar refractivity (Wildman–Crippen MR) is 151 cm³/mol. The lowest BCUT2D eigenvalue weighted by Crippen LogP contribution is -2.48. The van der Waals surface area contributed by atoms with Crippen LogP contribution in [0.15, 0.2) is 41.8 Å². The Morgan fingerprint density at radius 3 is 2.49 bits per heavy atom. The van der Waals surface area contributed by atoms with Crippen molar-refractivity contribution < 1.29 is 19.1 Å². The Balaban J connectivity index is 1.16. The number of carbonyl (C=O) groups excluding carboxylic acids is 2. The number of thiazole rings is 1. The molecule has 0 unspecified atom stereocenters. The summed E-state index contributed by atoms with van der Waals surface area (Å²) in [5.41, 5.74) is 4.48. The summed E-state index contributed by atoms with van der Waals surface area (Å²) in [7, 11) is 0. The number of carbonyl (C=O) groups is 2. The zero-order valence-corrected chi connectivity index (χ0v) is 23.7. The van der Waals surface area contributed by atoms with Gasteiger partial charge in [0.05, 0.1) is 6.54 Å². The summed E-state index contributed by atoms with van der Waals surface area (Å²) in [6, 6.07) is 11.8. The number of aromatic nitrogens is 1. The lowest BCUT2D eigenvalue weighted by Gasteiger charge is -2.34. The maximum atomic E-state index is 13.2. The first-order valence-corrected chi connectivity index (χ1v) is 14.1. The Kier molecular flexibility index (Phi) is 8.04. The standard InChI is InChI=1S/C29H35N5O4S/c1-19(2)34(29(36)31-27-20(3)6-5-7-21(27)4)16-26-30-23(17-39-26)28(35)33-12-10-32(11-13-33)15-22-8-9-24-25(14-22)38-18-37-24/h5-9,14,17,19H,10-13,15-16,18H2,1-4H3,(H,31,36). The van der Waals surface area contributed by atoms with E-state index >= 15 is 0 Å². The van der Waals surface area contributed by atoms with Crippen molar-refractivity contribution in [3.63, 3.8) is 0 Å². The molecule has 2 aromatic carbocycles. The number of benzene rings is 2. The second-order valence-corrected chi connectivity index (χ2v) is 11.2. The van der Waals surface area contributed by atoms with Crippen molar-refractivity contribution in [2.45, 2.75) is 46.8 Å². The van der Waals surface area contributed by atoms with Crippen molar-refractivity contribution in [1.82, 2.24) is 19.7 Å². The molecule has 39 heavy (non-hydrogen) atoms. The predicted octanol–water partition coefficient (Wildman–Crippen LogP) is 4.89. The number of rotatable bonds is 7. The first-order valence-electron chi connectivity index (χ1n) is 13.3. The lowest BCUT2D eigenvalue weighted by molar-refractivity contribution is 0.0623. The second kappa shape index (κ2) is 11.6. The molecule has 5 rings (SSSR count). The van der Waals surface area contributed by atoms with E-state index in [0.29, 0.717) is 25.3 Å². The number of anilines is 1. The lowest BCUT2D eigenvalue weighted by atomic mass is 10.1. The molecule has 0 radical (unpaired) electrons. The monoisotopic (exact) mass is 549 g/mol. The average molecular weight is 550 g/mol. The second-order valence-electron chi connectivity index (χ2n) is 10.3. The largest absolute Gasteiger partial charge is 0.454 e. The van der Waals surface area contributed by atoms with Crippen LogP contribution >= 0.6 is 11.3 Å². The molecule has 1 saturated heterocycles. The normalized spacial score (nSPS) is 15.1. The maximum Gasteiger partial charge on any atom is 0.322 e. The van der Waals surface area contributed by atoms with Crippen LogP contribution in [-0.2, 0) is 13.1 Å². The van der Waals surface area contributed by atoms with Crippen LogP contribution in [0.3, 0.4) is 0 Å². The first kappa shape index (κ1) is 27.0.